The van der Waals surface area contributed by atoms with Crippen molar-refractivity contribution in [1.29, 1.82) is 0 Å². The lowest BCUT2D eigenvalue weighted by Crippen LogP contribution is -2.14. The Morgan fingerprint density at radius 2 is 1.95 bits per heavy atom. The van der Waals surface area contributed by atoms with Crippen LogP contribution in [0.5, 0.6) is 5.75 Å². The van der Waals surface area contributed by atoms with Crippen LogP contribution >= 0.6 is 11.8 Å². The van der Waals surface area contributed by atoms with Gasteiger partial charge in [-0.05, 0) is 23.9 Å². The first-order valence-corrected chi connectivity index (χ1v) is 7.04. The van der Waals surface area contributed by atoms with E-state index in [2.05, 4.69) is 0 Å². The first-order chi connectivity index (χ1) is 9.43. The Morgan fingerprint density at radius 1 is 1.35 bits per heavy atom. The average Bonchev–Trinajstić information content (AvgIpc) is 2.44. The molecule has 0 spiro atoms. The van der Waals surface area contributed by atoms with Crippen LogP contribution in [0.1, 0.15) is 20.3 Å². The van der Waals surface area contributed by atoms with Crippen molar-refractivity contribution in [2.24, 2.45) is 5.92 Å². The number of hydrogen-bond acceptors (Lipinski definition) is 6. The molecule has 0 N–H and O–H groups in total. The molecule has 0 radical (unpaired) electrons. The number of nitro groups is 1. The number of hydrogen-bond donors (Lipinski definition) is 0. The molecule has 6 nitrogen and oxygen atoms in total. The minimum atomic E-state index is -0.533. The van der Waals surface area contributed by atoms with Crippen LogP contribution in [0.4, 0.5) is 10.5 Å². The molecule has 7 heteroatoms. The van der Waals surface area contributed by atoms with E-state index in [9.17, 15) is 19.7 Å². The monoisotopic (exact) mass is 297 g/mol. The Morgan fingerprint density at radius 3 is 2.45 bits per heavy atom. The Labute approximate surface area is 120 Å². The van der Waals surface area contributed by atoms with Crippen molar-refractivity contribution in [3.63, 3.8) is 0 Å². The molecule has 108 valence electrons. The number of nitrogens with zero attached hydrogens (tertiary/aromatic N) is 1. The largest absolute Gasteiger partial charge is 0.418 e. The van der Waals surface area contributed by atoms with Crippen LogP contribution < -0.4 is 4.74 Å². The number of nitro benzene ring substituents is 1. The van der Waals surface area contributed by atoms with Crippen molar-refractivity contribution in [1.82, 2.24) is 0 Å². The maximum atomic E-state index is 11.5. The summed E-state index contributed by atoms with van der Waals surface area (Å²) in [5.74, 6) is 0.496. The molecule has 0 aromatic heterocycles. The molecule has 1 unspecified atom stereocenters. The maximum Gasteiger partial charge on any atom is 0.372 e. The lowest BCUT2D eigenvalue weighted by atomic mass is 10.1. The summed E-state index contributed by atoms with van der Waals surface area (Å²) in [5, 5.41) is 9.93. The van der Waals surface area contributed by atoms with Gasteiger partial charge in [-0.2, -0.15) is 0 Å². The fourth-order valence-electron chi connectivity index (χ4n) is 1.40. The molecule has 0 aliphatic carbocycles. The second kappa shape index (κ2) is 7.64. The van der Waals surface area contributed by atoms with Gasteiger partial charge in [0.05, 0.1) is 4.92 Å². The lowest BCUT2D eigenvalue weighted by molar-refractivity contribution is -0.384. The Hall–Kier alpha value is -1.89. The molecule has 0 amide bonds. The molecule has 0 aliphatic heterocycles. The molecular weight excluding hydrogens is 282 g/mol. The standard InChI is InChI=1S/C13H15NO5S/c1-3-12(15)9(2)8-20-13(16)19-11-6-4-10(5-7-11)14(17)18/h4-7,9H,3,8H2,1-2H3. The second-order valence-corrected chi connectivity index (χ2v) is 5.09. The molecule has 0 saturated carbocycles. The van der Waals surface area contributed by atoms with E-state index in [1.165, 1.54) is 24.3 Å². The molecule has 0 saturated heterocycles. The van der Waals surface area contributed by atoms with E-state index in [1.807, 2.05) is 0 Å². The zero-order valence-electron chi connectivity index (χ0n) is 11.2. The number of Topliss-reactive ketones (excluding diaryl/α,β-unsaturated/α-hetero) is 1. The van der Waals surface area contributed by atoms with Crippen LogP contribution in [0.3, 0.4) is 0 Å². The van der Waals surface area contributed by atoms with Gasteiger partial charge in [0.25, 0.3) is 5.69 Å². The van der Waals surface area contributed by atoms with Gasteiger partial charge in [0.1, 0.15) is 11.5 Å². The summed E-state index contributed by atoms with van der Waals surface area (Å²) in [6, 6.07) is 5.24. The molecule has 0 fully saturated rings. The van der Waals surface area contributed by atoms with Gasteiger partial charge < -0.3 is 4.74 Å². The smallest absolute Gasteiger partial charge is 0.372 e. The molecule has 0 bridgehead atoms. The van der Waals surface area contributed by atoms with Crippen molar-refractivity contribution in [3.8, 4) is 5.75 Å². The third-order valence-electron chi connectivity index (χ3n) is 2.60. The van der Waals surface area contributed by atoms with Crippen molar-refractivity contribution in [2.75, 3.05) is 5.75 Å². The zero-order valence-corrected chi connectivity index (χ0v) is 12.0. The van der Waals surface area contributed by atoms with Gasteiger partial charge in [0.15, 0.2) is 0 Å². The van der Waals surface area contributed by atoms with Crippen molar-refractivity contribution < 1.29 is 19.2 Å². The Balaban J connectivity index is 2.46. The summed E-state index contributed by atoms with van der Waals surface area (Å²) in [4.78, 5) is 32.8. The van der Waals surface area contributed by atoms with Gasteiger partial charge in [0.2, 0.25) is 0 Å². The second-order valence-electron chi connectivity index (χ2n) is 4.13. The number of non-ortho nitro benzene ring substituents is 1. The van der Waals surface area contributed by atoms with E-state index >= 15 is 0 Å². The summed E-state index contributed by atoms with van der Waals surface area (Å²) < 4.78 is 5.00. The number of ketones is 1. The van der Waals surface area contributed by atoms with Crippen LogP contribution in [-0.2, 0) is 4.79 Å². The topological polar surface area (TPSA) is 86.5 Å². The highest BCUT2D eigenvalue weighted by molar-refractivity contribution is 8.13. The highest BCUT2D eigenvalue weighted by Gasteiger charge is 2.15. The number of carbonyl (C=O) groups is 2. The molecule has 0 aliphatic rings. The number of thioether (sulfide) groups is 1. The zero-order chi connectivity index (χ0) is 15.1. The van der Waals surface area contributed by atoms with Gasteiger partial charge >= 0.3 is 5.30 Å². The van der Waals surface area contributed by atoms with Gasteiger partial charge in [-0.1, -0.05) is 13.8 Å². The molecular formula is C13H15NO5S. The molecule has 1 rings (SSSR count). The summed E-state index contributed by atoms with van der Waals surface area (Å²) in [7, 11) is 0. The van der Waals surface area contributed by atoms with E-state index in [0.717, 1.165) is 11.8 Å². The van der Waals surface area contributed by atoms with Crippen molar-refractivity contribution >= 4 is 28.5 Å². The number of carbonyl (C=O) groups excluding carboxylic acids is 2. The first-order valence-electron chi connectivity index (χ1n) is 6.05. The minimum absolute atomic E-state index is 0.0698. The highest BCUT2D eigenvalue weighted by atomic mass is 32.2. The Bertz CT molecular complexity index is 500. The third-order valence-corrected chi connectivity index (χ3v) is 3.58. The summed E-state index contributed by atoms with van der Waals surface area (Å²) >= 11 is 0.918. The van der Waals surface area contributed by atoms with Gasteiger partial charge in [-0.25, -0.2) is 4.79 Å². The SMILES string of the molecule is CCC(=O)C(C)CSC(=O)Oc1ccc([N+](=O)[O-])cc1. The number of ether oxygens (including phenoxy) is 1. The normalized spacial score (nSPS) is 11.7. The summed E-state index contributed by atoms with van der Waals surface area (Å²) in [6.45, 7) is 3.54. The van der Waals surface area contributed by atoms with E-state index in [4.69, 9.17) is 4.74 Å². The van der Waals surface area contributed by atoms with Gasteiger partial charge in [-0.15, -0.1) is 0 Å². The summed E-state index contributed by atoms with van der Waals surface area (Å²) in [6.07, 6.45) is 0.444. The summed E-state index contributed by atoms with van der Waals surface area (Å²) in [5.41, 5.74) is -0.0698. The molecule has 20 heavy (non-hydrogen) atoms. The van der Waals surface area contributed by atoms with Gasteiger partial charge in [0, 0.05) is 30.2 Å². The molecule has 1 aromatic carbocycles. The van der Waals surface area contributed by atoms with Crippen LogP contribution in [0.15, 0.2) is 24.3 Å². The first kappa shape index (κ1) is 16.2. The van der Waals surface area contributed by atoms with E-state index in [1.54, 1.807) is 13.8 Å². The number of rotatable bonds is 6. The fourth-order valence-corrected chi connectivity index (χ4v) is 2.12. The van der Waals surface area contributed by atoms with Crippen molar-refractivity contribution in [3.05, 3.63) is 34.4 Å². The van der Waals surface area contributed by atoms with Crippen LogP contribution in [-0.4, -0.2) is 21.8 Å². The quantitative estimate of drug-likeness (QED) is 0.454. The van der Waals surface area contributed by atoms with Crippen LogP contribution in [0, 0.1) is 16.0 Å². The van der Waals surface area contributed by atoms with Crippen LogP contribution in [0.2, 0.25) is 0 Å². The van der Waals surface area contributed by atoms with E-state index < -0.39 is 10.2 Å². The predicted octanol–water partition coefficient (Wildman–Crippen LogP) is 3.44. The molecule has 0 heterocycles. The van der Waals surface area contributed by atoms with Crippen molar-refractivity contribution in [2.45, 2.75) is 20.3 Å². The maximum absolute atomic E-state index is 11.5. The lowest BCUT2D eigenvalue weighted by Gasteiger charge is -2.08. The van der Waals surface area contributed by atoms with E-state index in [0.29, 0.717) is 12.2 Å². The Kier molecular flexibility index (Phi) is 6.17. The third kappa shape index (κ3) is 5.00. The van der Waals surface area contributed by atoms with Gasteiger partial charge in [-0.3, -0.25) is 14.9 Å². The fraction of sp³-hybridized carbons (Fsp3) is 0.385. The highest BCUT2D eigenvalue weighted by Crippen LogP contribution is 2.20. The van der Waals surface area contributed by atoms with Crippen LogP contribution in [0.25, 0.3) is 0 Å². The number of benzene rings is 1. The molecule has 1 atom stereocenters. The minimum Gasteiger partial charge on any atom is -0.418 e. The average molecular weight is 297 g/mol. The van der Waals surface area contributed by atoms with E-state index in [-0.39, 0.29) is 23.1 Å². The molecule has 1 aromatic rings. The predicted molar refractivity (Wildman–Crippen MR) is 76.0 cm³/mol.